The Kier molecular flexibility index (Phi) is 2.98. The van der Waals surface area contributed by atoms with E-state index >= 15 is 0 Å². The van der Waals surface area contributed by atoms with Crippen LogP contribution < -0.4 is 10.5 Å². The fourth-order valence-corrected chi connectivity index (χ4v) is 2.81. The first-order valence-corrected chi connectivity index (χ1v) is 6.85. The molecule has 0 amide bonds. The van der Waals surface area contributed by atoms with E-state index in [1.165, 1.54) is 0 Å². The lowest BCUT2D eigenvalue weighted by molar-refractivity contribution is 0.558. The molecule has 0 radical (unpaired) electrons. The third-order valence-corrected chi connectivity index (χ3v) is 4.03. The van der Waals surface area contributed by atoms with Crippen molar-refractivity contribution < 1.29 is 4.42 Å². The molecule has 102 valence electrons. The second-order valence-electron chi connectivity index (χ2n) is 5.35. The third kappa shape index (κ3) is 1.87. The van der Waals surface area contributed by atoms with Crippen molar-refractivity contribution in [2.24, 2.45) is 0 Å². The van der Waals surface area contributed by atoms with Crippen molar-refractivity contribution >= 4 is 16.7 Å². The Balaban J connectivity index is 2.40. The number of nitrogens with zero attached hydrogens (tertiary/aromatic N) is 2. The normalized spacial score (nSPS) is 14.8. The Morgan fingerprint density at radius 2 is 1.85 bits per heavy atom. The lowest BCUT2D eigenvalue weighted by Crippen LogP contribution is -2.22. The van der Waals surface area contributed by atoms with Gasteiger partial charge in [-0.05, 0) is 49.9 Å². The zero-order chi connectivity index (χ0) is 14.3. The zero-order valence-electron chi connectivity index (χ0n) is 11.7. The van der Waals surface area contributed by atoms with Crippen molar-refractivity contribution in [3.8, 4) is 6.07 Å². The minimum atomic E-state index is -0.537. The van der Waals surface area contributed by atoms with Crippen molar-refractivity contribution in [3.63, 3.8) is 0 Å². The topological polar surface area (TPSA) is 57.2 Å². The van der Waals surface area contributed by atoms with E-state index in [9.17, 15) is 10.1 Å². The smallest absolute Gasteiger partial charge is 0.356 e. The van der Waals surface area contributed by atoms with Crippen LogP contribution in [-0.2, 0) is 0 Å². The van der Waals surface area contributed by atoms with Crippen LogP contribution in [0.3, 0.4) is 0 Å². The number of hydrogen-bond acceptors (Lipinski definition) is 4. The molecule has 1 saturated heterocycles. The van der Waals surface area contributed by atoms with Gasteiger partial charge in [-0.15, -0.1) is 0 Å². The predicted octanol–water partition coefficient (Wildman–Crippen LogP) is 2.88. The molecule has 2 aromatic rings. The fourth-order valence-electron chi connectivity index (χ4n) is 2.81. The quantitative estimate of drug-likeness (QED) is 0.746. The fraction of sp³-hybridized carbons (Fsp3) is 0.375. The van der Waals surface area contributed by atoms with Gasteiger partial charge >= 0.3 is 5.63 Å². The zero-order valence-corrected chi connectivity index (χ0v) is 11.7. The van der Waals surface area contributed by atoms with Crippen molar-refractivity contribution in [3.05, 3.63) is 39.2 Å². The summed E-state index contributed by atoms with van der Waals surface area (Å²) in [7, 11) is 0. The molecule has 0 saturated carbocycles. The van der Waals surface area contributed by atoms with Gasteiger partial charge in [-0.3, -0.25) is 0 Å². The summed E-state index contributed by atoms with van der Waals surface area (Å²) in [4.78, 5) is 14.2. The molecular formula is C16H16N2O2. The highest BCUT2D eigenvalue weighted by molar-refractivity contribution is 5.94. The molecule has 2 heterocycles. The van der Waals surface area contributed by atoms with Crippen LogP contribution >= 0.6 is 0 Å². The maximum Gasteiger partial charge on any atom is 0.356 e. The van der Waals surface area contributed by atoms with Gasteiger partial charge in [0.25, 0.3) is 0 Å². The summed E-state index contributed by atoms with van der Waals surface area (Å²) >= 11 is 0. The number of nitriles is 1. The molecule has 4 nitrogen and oxygen atoms in total. The van der Waals surface area contributed by atoms with Crippen molar-refractivity contribution in [2.45, 2.75) is 26.7 Å². The molecule has 4 heteroatoms. The summed E-state index contributed by atoms with van der Waals surface area (Å²) < 4.78 is 5.32. The molecule has 20 heavy (non-hydrogen) atoms. The van der Waals surface area contributed by atoms with E-state index in [4.69, 9.17) is 4.42 Å². The summed E-state index contributed by atoms with van der Waals surface area (Å²) in [6.07, 6.45) is 2.19. The first-order chi connectivity index (χ1) is 9.61. The molecule has 0 bridgehead atoms. The molecule has 1 aromatic heterocycles. The number of aryl methyl sites for hydroxylation is 2. The first-order valence-electron chi connectivity index (χ1n) is 6.85. The standard InChI is InChI=1S/C16H16N2O2/c1-10-7-12-14(8-11(10)2)20-16(19)13(9-17)15(12)18-5-3-4-6-18/h7-8H,3-6H2,1-2H3. The van der Waals surface area contributed by atoms with Crippen molar-refractivity contribution in [1.82, 2.24) is 0 Å². The Hall–Kier alpha value is -2.28. The highest BCUT2D eigenvalue weighted by Crippen LogP contribution is 2.32. The number of anilines is 1. The van der Waals surface area contributed by atoms with E-state index in [2.05, 4.69) is 4.90 Å². The van der Waals surface area contributed by atoms with Crippen LogP contribution in [0, 0.1) is 25.2 Å². The molecule has 0 spiro atoms. The van der Waals surface area contributed by atoms with Crippen LogP contribution in [0.4, 0.5) is 5.69 Å². The van der Waals surface area contributed by atoms with Gasteiger partial charge in [-0.25, -0.2) is 4.79 Å². The van der Waals surface area contributed by atoms with Gasteiger partial charge in [0.05, 0.1) is 5.69 Å². The predicted molar refractivity (Wildman–Crippen MR) is 78.1 cm³/mol. The van der Waals surface area contributed by atoms with E-state index in [1.54, 1.807) is 0 Å². The molecule has 3 rings (SSSR count). The Morgan fingerprint density at radius 3 is 2.50 bits per heavy atom. The number of hydrogen-bond donors (Lipinski definition) is 0. The van der Waals surface area contributed by atoms with Crippen molar-refractivity contribution in [1.29, 1.82) is 5.26 Å². The summed E-state index contributed by atoms with van der Waals surface area (Å²) in [6, 6.07) is 5.92. The largest absolute Gasteiger partial charge is 0.422 e. The molecular weight excluding hydrogens is 252 g/mol. The molecule has 1 aliphatic rings. The maximum absolute atomic E-state index is 12.0. The first kappa shape index (κ1) is 12.7. The van der Waals surface area contributed by atoms with Gasteiger partial charge in [0.1, 0.15) is 11.7 Å². The van der Waals surface area contributed by atoms with Crippen LogP contribution in [0.2, 0.25) is 0 Å². The SMILES string of the molecule is Cc1cc2oc(=O)c(C#N)c(N3CCCC3)c2cc1C. The van der Waals surface area contributed by atoms with Crippen LogP contribution in [-0.4, -0.2) is 13.1 Å². The highest BCUT2D eigenvalue weighted by Gasteiger charge is 2.22. The minimum Gasteiger partial charge on any atom is -0.422 e. The molecule has 0 aliphatic carbocycles. The minimum absolute atomic E-state index is 0.127. The van der Waals surface area contributed by atoms with Gasteiger partial charge < -0.3 is 9.32 Å². The maximum atomic E-state index is 12.0. The van der Waals surface area contributed by atoms with E-state index in [-0.39, 0.29) is 5.56 Å². The van der Waals surface area contributed by atoms with E-state index in [1.807, 2.05) is 32.0 Å². The summed E-state index contributed by atoms with van der Waals surface area (Å²) in [5.41, 5.74) is 3.12. The molecule has 1 aromatic carbocycles. The second-order valence-corrected chi connectivity index (χ2v) is 5.35. The average molecular weight is 268 g/mol. The molecule has 0 atom stereocenters. The average Bonchev–Trinajstić information content (AvgIpc) is 2.93. The van der Waals surface area contributed by atoms with Gasteiger partial charge in [0, 0.05) is 18.5 Å². The molecule has 1 aliphatic heterocycles. The van der Waals surface area contributed by atoms with Gasteiger partial charge in [0.15, 0.2) is 5.56 Å². The summed E-state index contributed by atoms with van der Waals surface area (Å²) in [6.45, 7) is 5.79. The number of fused-ring (bicyclic) bond motifs is 1. The lowest BCUT2D eigenvalue weighted by Gasteiger charge is -2.20. The van der Waals surface area contributed by atoms with Crippen LogP contribution in [0.25, 0.3) is 11.0 Å². The van der Waals surface area contributed by atoms with Gasteiger partial charge in [-0.1, -0.05) is 0 Å². The number of benzene rings is 1. The van der Waals surface area contributed by atoms with Crippen LogP contribution in [0.5, 0.6) is 0 Å². The van der Waals surface area contributed by atoms with Gasteiger partial charge in [-0.2, -0.15) is 5.26 Å². The molecule has 0 N–H and O–H groups in total. The summed E-state index contributed by atoms with van der Waals surface area (Å²) in [5, 5.41) is 10.2. The second kappa shape index (κ2) is 4.68. The summed E-state index contributed by atoms with van der Waals surface area (Å²) in [5.74, 6) is 0. The highest BCUT2D eigenvalue weighted by atomic mass is 16.4. The molecule has 1 fully saturated rings. The Labute approximate surface area is 117 Å². The van der Waals surface area contributed by atoms with E-state index in [0.717, 1.165) is 48.1 Å². The Bertz CT molecular complexity index is 778. The number of rotatable bonds is 1. The lowest BCUT2D eigenvalue weighted by atomic mass is 10.0. The van der Waals surface area contributed by atoms with Crippen LogP contribution in [0.1, 0.15) is 29.5 Å². The van der Waals surface area contributed by atoms with E-state index in [0.29, 0.717) is 5.58 Å². The monoisotopic (exact) mass is 268 g/mol. The van der Waals surface area contributed by atoms with Crippen LogP contribution in [0.15, 0.2) is 21.3 Å². The Morgan fingerprint density at radius 1 is 1.20 bits per heavy atom. The van der Waals surface area contributed by atoms with Gasteiger partial charge in [0.2, 0.25) is 0 Å². The van der Waals surface area contributed by atoms with E-state index < -0.39 is 5.63 Å². The third-order valence-electron chi connectivity index (χ3n) is 4.03. The van der Waals surface area contributed by atoms with Crippen molar-refractivity contribution in [2.75, 3.05) is 18.0 Å². The molecule has 0 unspecified atom stereocenters.